The number of hydrogen-bond donors (Lipinski definition) is 1. The summed E-state index contributed by atoms with van der Waals surface area (Å²) in [6, 6.07) is 12.3. The molecule has 1 aromatic carbocycles. The SMILES string of the molecule is Cc1ccc(/C(O)=C2/C(=O)C(=O)N(Cc3ccncc3)C2c2cccs2)cc1C. The van der Waals surface area contributed by atoms with Crippen LogP contribution in [-0.2, 0) is 16.1 Å². The second kappa shape index (κ2) is 7.64. The summed E-state index contributed by atoms with van der Waals surface area (Å²) in [7, 11) is 0. The molecule has 1 unspecified atom stereocenters. The van der Waals surface area contributed by atoms with Gasteiger partial charge in [-0.2, -0.15) is 0 Å². The van der Waals surface area contributed by atoms with Crippen LogP contribution >= 0.6 is 11.3 Å². The van der Waals surface area contributed by atoms with Crippen LogP contribution in [0.1, 0.15) is 33.2 Å². The summed E-state index contributed by atoms with van der Waals surface area (Å²) >= 11 is 1.46. The number of amides is 1. The average molecular weight is 404 g/mol. The zero-order valence-corrected chi connectivity index (χ0v) is 16.9. The highest BCUT2D eigenvalue weighted by molar-refractivity contribution is 7.10. The molecule has 1 aliphatic heterocycles. The third-order valence-corrected chi connectivity index (χ3v) is 6.16. The van der Waals surface area contributed by atoms with Crippen molar-refractivity contribution in [2.45, 2.75) is 26.4 Å². The number of carbonyl (C=O) groups excluding carboxylic acids is 2. The maximum absolute atomic E-state index is 13.0. The van der Waals surface area contributed by atoms with Crippen molar-refractivity contribution in [2.75, 3.05) is 0 Å². The first-order valence-corrected chi connectivity index (χ1v) is 10.1. The molecular formula is C23H20N2O3S. The lowest BCUT2D eigenvalue weighted by molar-refractivity contribution is -0.140. The van der Waals surface area contributed by atoms with Crippen molar-refractivity contribution in [3.05, 3.63) is 92.9 Å². The summed E-state index contributed by atoms with van der Waals surface area (Å²) in [5.41, 5.74) is 3.64. The number of ketones is 1. The molecule has 1 N–H and O–H groups in total. The van der Waals surface area contributed by atoms with E-state index in [1.165, 1.54) is 16.2 Å². The van der Waals surface area contributed by atoms with Gasteiger partial charge in [-0.15, -0.1) is 11.3 Å². The van der Waals surface area contributed by atoms with Gasteiger partial charge < -0.3 is 10.0 Å². The number of pyridine rings is 1. The monoisotopic (exact) mass is 404 g/mol. The number of thiophene rings is 1. The molecule has 5 nitrogen and oxygen atoms in total. The quantitative estimate of drug-likeness (QED) is 0.398. The number of rotatable bonds is 4. The molecule has 2 aromatic heterocycles. The molecule has 3 heterocycles. The van der Waals surface area contributed by atoms with Gasteiger partial charge in [-0.05, 0) is 60.2 Å². The highest BCUT2D eigenvalue weighted by atomic mass is 32.1. The van der Waals surface area contributed by atoms with Crippen molar-refractivity contribution in [1.82, 2.24) is 9.88 Å². The molecule has 1 amide bonds. The third-order valence-electron chi connectivity index (χ3n) is 5.24. The molecule has 1 fully saturated rings. The highest BCUT2D eigenvalue weighted by Crippen LogP contribution is 2.41. The molecule has 3 aromatic rings. The van der Waals surface area contributed by atoms with E-state index < -0.39 is 17.7 Å². The van der Waals surface area contributed by atoms with Gasteiger partial charge in [0, 0.05) is 29.4 Å². The van der Waals surface area contributed by atoms with Crippen molar-refractivity contribution in [2.24, 2.45) is 0 Å². The molecule has 0 spiro atoms. The number of likely N-dealkylation sites (tertiary alicyclic amines) is 1. The maximum Gasteiger partial charge on any atom is 0.295 e. The summed E-state index contributed by atoms with van der Waals surface area (Å²) in [4.78, 5) is 32.2. The molecule has 1 atom stereocenters. The van der Waals surface area contributed by atoms with Gasteiger partial charge in [0.2, 0.25) is 0 Å². The van der Waals surface area contributed by atoms with Crippen molar-refractivity contribution in [1.29, 1.82) is 0 Å². The highest BCUT2D eigenvalue weighted by Gasteiger charge is 2.46. The van der Waals surface area contributed by atoms with E-state index in [0.717, 1.165) is 21.6 Å². The van der Waals surface area contributed by atoms with E-state index in [2.05, 4.69) is 4.98 Å². The standard InChI is InChI=1S/C23H20N2O3S/c1-14-5-6-17(12-15(14)2)21(26)19-20(18-4-3-11-29-18)25(23(28)22(19)27)13-16-7-9-24-10-8-16/h3-12,20,26H,13H2,1-2H3/b21-19-. The van der Waals surface area contributed by atoms with Crippen LogP contribution in [0.15, 0.2) is 65.8 Å². The van der Waals surface area contributed by atoms with Crippen molar-refractivity contribution < 1.29 is 14.7 Å². The van der Waals surface area contributed by atoms with Crippen molar-refractivity contribution in [3.63, 3.8) is 0 Å². The fraction of sp³-hybridized carbons (Fsp3) is 0.174. The van der Waals surface area contributed by atoms with Crippen LogP contribution < -0.4 is 0 Å². The zero-order valence-electron chi connectivity index (χ0n) is 16.1. The number of hydrogen-bond acceptors (Lipinski definition) is 5. The molecule has 29 heavy (non-hydrogen) atoms. The Morgan fingerprint density at radius 3 is 2.52 bits per heavy atom. The minimum Gasteiger partial charge on any atom is -0.507 e. The van der Waals surface area contributed by atoms with Crippen LogP contribution in [0.2, 0.25) is 0 Å². The smallest absolute Gasteiger partial charge is 0.295 e. The molecule has 0 radical (unpaired) electrons. The molecule has 1 aliphatic rings. The van der Waals surface area contributed by atoms with E-state index >= 15 is 0 Å². The largest absolute Gasteiger partial charge is 0.507 e. The second-order valence-electron chi connectivity index (χ2n) is 7.10. The number of benzene rings is 1. The number of carbonyl (C=O) groups is 2. The number of Topliss-reactive ketones (excluding diaryl/α,β-unsaturated/α-hetero) is 1. The summed E-state index contributed by atoms with van der Waals surface area (Å²) in [6.07, 6.45) is 3.31. The Balaban J connectivity index is 1.84. The Morgan fingerprint density at radius 1 is 1.10 bits per heavy atom. The lowest BCUT2D eigenvalue weighted by atomic mass is 9.97. The first-order valence-electron chi connectivity index (χ1n) is 9.25. The Bertz CT molecular complexity index is 1100. The number of aromatic nitrogens is 1. The van der Waals surface area contributed by atoms with Gasteiger partial charge in [0.25, 0.3) is 11.7 Å². The fourth-order valence-electron chi connectivity index (χ4n) is 3.51. The van der Waals surface area contributed by atoms with Crippen LogP contribution in [0.25, 0.3) is 5.76 Å². The van der Waals surface area contributed by atoms with Crippen LogP contribution in [0.4, 0.5) is 0 Å². The number of aryl methyl sites for hydroxylation is 2. The number of aliphatic hydroxyl groups is 1. The van der Waals surface area contributed by atoms with E-state index in [1.54, 1.807) is 18.5 Å². The van der Waals surface area contributed by atoms with Gasteiger partial charge in [0.15, 0.2) is 0 Å². The number of aliphatic hydroxyl groups excluding tert-OH is 1. The van der Waals surface area contributed by atoms with Crippen LogP contribution in [0.5, 0.6) is 0 Å². The Hall–Kier alpha value is -3.25. The third kappa shape index (κ3) is 3.47. The van der Waals surface area contributed by atoms with E-state index in [-0.39, 0.29) is 17.9 Å². The van der Waals surface area contributed by atoms with E-state index in [0.29, 0.717) is 5.56 Å². The van der Waals surface area contributed by atoms with E-state index in [9.17, 15) is 14.7 Å². The topological polar surface area (TPSA) is 70.5 Å². The molecule has 0 saturated carbocycles. The van der Waals surface area contributed by atoms with Crippen molar-refractivity contribution >= 4 is 28.8 Å². The average Bonchev–Trinajstić information content (AvgIpc) is 3.33. The Kier molecular flexibility index (Phi) is 5.03. The molecule has 0 bridgehead atoms. The zero-order chi connectivity index (χ0) is 20.5. The van der Waals surface area contributed by atoms with Crippen LogP contribution in [-0.4, -0.2) is 26.7 Å². The second-order valence-corrected chi connectivity index (χ2v) is 8.08. The normalized spacial score (nSPS) is 18.4. The lowest BCUT2D eigenvalue weighted by Crippen LogP contribution is -2.28. The minimum atomic E-state index is -0.659. The first kappa shape index (κ1) is 19.1. The van der Waals surface area contributed by atoms with Gasteiger partial charge >= 0.3 is 0 Å². The Labute approximate surface area is 173 Å². The summed E-state index contributed by atoms with van der Waals surface area (Å²) in [5.74, 6) is -1.40. The van der Waals surface area contributed by atoms with Crippen molar-refractivity contribution in [3.8, 4) is 0 Å². The van der Waals surface area contributed by atoms with Crippen LogP contribution in [0.3, 0.4) is 0 Å². The maximum atomic E-state index is 13.0. The number of nitrogens with zero attached hydrogens (tertiary/aromatic N) is 2. The molecule has 4 rings (SSSR count). The van der Waals surface area contributed by atoms with Gasteiger partial charge in [-0.1, -0.05) is 18.2 Å². The van der Waals surface area contributed by atoms with E-state index in [4.69, 9.17) is 0 Å². The first-order chi connectivity index (χ1) is 14.0. The van der Waals surface area contributed by atoms with Gasteiger partial charge in [0.1, 0.15) is 5.76 Å². The van der Waals surface area contributed by atoms with Gasteiger partial charge in [0.05, 0.1) is 11.6 Å². The molecular weight excluding hydrogens is 384 g/mol. The van der Waals surface area contributed by atoms with E-state index in [1.807, 2.05) is 55.6 Å². The molecule has 6 heteroatoms. The summed E-state index contributed by atoms with van der Waals surface area (Å²) in [5, 5.41) is 13.0. The lowest BCUT2D eigenvalue weighted by Gasteiger charge is -2.24. The molecule has 1 saturated heterocycles. The molecule has 146 valence electrons. The van der Waals surface area contributed by atoms with Crippen LogP contribution in [0, 0.1) is 13.8 Å². The summed E-state index contributed by atoms with van der Waals surface area (Å²) < 4.78 is 0. The predicted octanol–water partition coefficient (Wildman–Crippen LogP) is 4.38. The fourth-order valence-corrected chi connectivity index (χ4v) is 4.36. The van der Waals surface area contributed by atoms with Gasteiger partial charge in [-0.25, -0.2) is 0 Å². The van der Waals surface area contributed by atoms with Gasteiger partial charge in [-0.3, -0.25) is 14.6 Å². The Morgan fingerprint density at radius 2 is 1.86 bits per heavy atom. The molecule has 0 aliphatic carbocycles. The minimum absolute atomic E-state index is 0.134. The summed E-state index contributed by atoms with van der Waals surface area (Å²) in [6.45, 7) is 4.20. The predicted molar refractivity (Wildman–Crippen MR) is 112 cm³/mol.